The predicted octanol–water partition coefficient (Wildman–Crippen LogP) is 1.43. The number of rotatable bonds is 7. The number of ether oxygens (including phenoxy) is 2. The second-order valence-corrected chi connectivity index (χ2v) is 5.90. The lowest BCUT2D eigenvalue weighted by Crippen LogP contribution is -2.50. The van der Waals surface area contributed by atoms with Crippen molar-refractivity contribution in [3.63, 3.8) is 0 Å². The molecule has 2 amide bonds. The van der Waals surface area contributed by atoms with Crippen molar-refractivity contribution < 1.29 is 19.1 Å². The average Bonchev–Trinajstić information content (AvgIpc) is 2.57. The maximum Gasteiger partial charge on any atom is 0.251 e. The molecule has 132 valence electrons. The molecular weight excluding hydrogens is 308 g/mol. The van der Waals surface area contributed by atoms with E-state index in [0.29, 0.717) is 31.9 Å². The van der Waals surface area contributed by atoms with E-state index in [1.54, 1.807) is 12.1 Å². The summed E-state index contributed by atoms with van der Waals surface area (Å²) < 4.78 is 11.0. The van der Waals surface area contributed by atoms with Gasteiger partial charge in [0.05, 0.1) is 12.6 Å². The van der Waals surface area contributed by atoms with E-state index < -0.39 is 0 Å². The average molecular weight is 334 g/mol. The number of nitrogens with one attached hydrogen (secondary N) is 2. The third-order valence-corrected chi connectivity index (χ3v) is 3.98. The van der Waals surface area contributed by atoms with Crippen LogP contribution in [0.1, 0.15) is 35.7 Å². The molecule has 0 saturated carbocycles. The summed E-state index contributed by atoms with van der Waals surface area (Å²) in [7, 11) is 0. The number of hydrogen-bond acceptors (Lipinski definition) is 4. The number of amides is 2. The zero-order chi connectivity index (χ0) is 17.4. The summed E-state index contributed by atoms with van der Waals surface area (Å²) in [6.07, 6.45) is 0.884. The maximum absolute atomic E-state index is 12.1. The van der Waals surface area contributed by atoms with Crippen molar-refractivity contribution in [3.05, 3.63) is 35.4 Å². The summed E-state index contributed by atoms with van der Waals surface area (Å²) in [5.41, 5.74) is 1.70. The summed E-state index contributed by atoms with van der Waals surface area (Å²) in [6, 6.07) is 7.30. The van der Waals surface area contributed by atoms with Crippen molar-refractivity contribution in [1.29, 1.82) is 0 Å². The predicted molar refractivity (Wildman–Crippen MR) is 90.9 cm³/mol. The van der Waals surface area contributed by atoms with E-state index in [2.05, 4.69) is 10.6 Å². The van der Waals surface area contributed by atoms with Crippen LogP contribution in [0.25, 0.3) is 0 Å². The highest BCUT2D eigenvalue weighted by molar-refractivity contribution is 5.94. The fraction of sp³-hybridized carbons (Fsp3) is 0.556. The Morgan fingerprint density at radius 1 is 1.29 bits per heavy atom. The molecule has 1 fully saturated rings. The van der Waals surface area contributed by atoms with Crippen molar-refractivity contribution in [3.8, 4) is 0 Å². The molecule has 1 aliphatic heterocycles. The molecule has 0 radical (unpaired) electrons. The summed E-state index contributed by atoms with van der Waals surface area (Å²) in [6.45, 7) is 5.92. The van der Waals surface area contributed by atoms with Crippen LogP contribution >= 0.6 is 0 Å². The molecule has 2 rings (SSSR count). The monoisotopic (exact) mass is 334 g/mol. The van der Waals surface area contributed by atoms with Gasteiger partial charge in [-0.3, -0.25) is 9.59 Å². The molecule has 0 aromatic heterocycles. The van der Waals surface area contributed by atoms with Crippen molar-refractivity contribution >= 4 is 11.8 Å². The zero-order valence-corrected chi connectivity index (χ0v) is 14.3. The molecule has 1 saturated heterocycles. The van der Waals surface area contributed by atoms with Crippen molar-refractivity contribution in [2.75, 3.05) is 26.4 Å². The minimum absolute atomic E-state index is 0.0287. The van der Waals surface area contributed by atoms with Crippen molar-refractivity contribution in [1.82, 2.24) is 10.6 Å². The SMILES string of the molecule is CCO[C@@H]1COCC[C@H]1NC(=O)CCNC(=O)c1ccc(C)cc1. The van der Waals surface area contributed by atoms with Crippen LogP contribution < -0.4 is 10.6 Å². The van der Waals surface area contributed by atoms with Crippen LogP contribution in [0.5, 0.6) is 0 Å². The van der Waals surface area contributed by atoms with Crippen LogP contribution in [-0.2, 0) is 14.3 Å². The van der Waals surface area contributed by atoms with Gasteiger partial charge in [0.25, 0.3) is 5.91 Å². The van der Waals surface area contributed by atoms with Gasteiger partial charge in [0, 0.05) is 31.7 Å². The summed E-state index contributed by atoms with van der Waals surface area (Å²) in [5.74, 6) is -0.253. The fourth-order valence-corrected chi connectivity index (χ4v) is 2.63. The van der Waals surface area contributed by atoms with Gasteiger partial charge in [0.2, 0.25) is 5.91 Å². The van der Waals surface area contributed by atoms with E-state index in [-0.39, 0.29) is 30.4 Å². The number of carbonyl (C=O) groups is 2. The van der Waals surface area contributed by atoms with Gasteiger partial charge in [0.1, 0.15) is 6.10 Å². The first-order valence-electron chi connectivity index (χ1n) is 8.43. The fourth-order valence-electron chi connectivity index (χ4n) is 2.63. The van der Waals surface area contributed by atoms with Crippen molar-refractivity contribution in [2.45, 2.75) is 38.8 Å². The zero-order valence-electron chi connectivity index (χ0n) is 14.3. The van der Waals surface area contributed by atoms with Gasteiger partial charge >= 0.3 is 0 Å². The third kappa shape index (κ3) is 5.62. The van der Waals surface area contributed by atoms with Crippen LogP contribution in [0.2, 0.25) is 0 Å². The molecule has 6 heteroatoms. The molecule has 2 atom stereocenters. The molecular formula is C18H26N2O4. The van der Waals surface area contributed by atoms with Crippen LogP contribution in [-0.4, -0.2) is 50.3 Å². The molecule has 1 aromatic carbocycles. The highest BCUT2D eigenvalue weighted by Gasteiger charge is 2.27. The first-order chi connectivity index (χ1) is 11.6. The molecule has 2 N–H and O–H groups in total. The van der Waals surface area contributed by atoms with Gasteiger partial charge in [-0.15, -0.1) is 0 Å². The van der Waals surface area contributed by atoms with E-state index in [4.69, 9.17) is 9.47 Å². The largest absolute Gasteiger partial charge is 0.379 e. The Morgan fingerprint density at radius 3 is 2.75 bits per heavy atom. The highest BCUT2D eigenvalue weighted by atomic mass is 16.5. The topological polar surface area (TPSA) is 76.7 Å². The molecule has 1 heterocycles. The summed E-state index contributed by atoms with van der Waals surface area (Å²) >= 11 is 0. The number of carbonyl (C=O) groups excluding carboxylic acids is 2. The van der Waals surface area contributed by atoms with Crippen LogP contribution in [0.3, 0.4) is 0 Å². The summed E-state index contributed by atoms with van der Waals surface area (Å²) in [5, 5.41) is 5.75. The number of benzene rings is 1. The second kappa shape index (κ2) is 9.39. The van der Waals surface area contributed by atoms with Crippen molar-refractivity contribution in [2.24, 2.45) is 0 Å². The molecule has 1 aromatic rings. The molecule has 24 heavy (non-hydrogen) atoms. The highest BCUT2D eigenvalue weighted by Crippen LogP contribution is 2.11. The first-order valence-corrected chi connectivity index (χ1v) is 8.43. The van der Waals surface area contributed by atoms with Gasteiger partial charge in [-0.2, -0.15) is 0 Å². The maximum atomic E-state index is 12.1. The lowest BCUT2D eigenvalue weighted by atomic mass is 10.1. The van der Waals surface area contributed by atoms with E-state index in [1.807, 2.05) is 26.0 Å². The summed E-state index contributed by atoms with van der Waals surface area (Å²) in [4.78, 5) is 24.1. The van der Waals surface area contributed by atoms with E-state index in [0.717, 1.165) is 12.0 Å². The Kier molecular flexibility index (Phi) is 7.21. The minimum atomic E-state index is -0.166. The lowest BCUT2D eigenvalue weighted by Gasteiger charge is -2.31. The Bertz CT molecular complexity index is 542. The van der Waals surface area contributed by atoms with Gasteiger partial charge < -0.3 is 20.1 Å². The Morgan fingerprint density at radius 2 is 2.04 bits per heavy atom. The molecule has 0 aliphatic carbocycles. The van der Waals surface area contributed by atoms with E-state index in [9.17, 15) is 9.59 Å². The quantitative estimate of drug-likeness (QED) is 0.791. The smallest absolute Gasteiger partial charge is 0.251 e. The standard InChI is InChI=1S/C18H26N2O4/c1-3-24-16-12-23-11-9-15(16)20-17(21)8-10-19-18(22)14-6-4-13(2)5-7-14/h4-7,15-16H,3,8-12H2,1-2H3,(H,19,22)(H,20,21)/t15-,16-/m1/s1. The molecule has 6 nitrogen and oxygen atoms in total. The van der Waals surface area contributed by atoms with Gasteiger partial charge in [-0.25, -0.2) is 0 Å². The van der Waals surface area contributed by atoms with Crippen LogP contribution in [0, 0.1) is 6.92 Å². The van der Waals surface area contributed by atoms with E-state index in [1.165, 1.54) is 0 Å². The van der Waals surface area contributed by atoms with Gasteiger partial charge in [-0.1, -0.05) is 17.7 Å². The first kappa shape index (κ1) is 18.4. The third-order valence-electron chi connectivity index (χ3n) is 3.98. The number of hydrogen-bond donors (Lipinski definition) is 2. The normalized spacial score (nSPS) is 20.4. The molecule has 0 unspecified atom stereocenters. The van der Waals surface area contributed by atoms with Gasteiger partial charge in [0.15, 0.2) is 0 Å². The Balaban J connectivity index is 1.72. The van der Waals surface area contributed by atoms with Gasteiger partial charge in [-0.05, 0) is 32.4 Å². The number of aryl methyl sites for hydroxylation is 1. The Hall–Kier alpha value is -1.92. The van der Waals surface area contributed by atoms with Crippen LogP contribution in [0.15, 0.2) is 24.3 Å². The molecule has 0 spiro atoms. The lowest BCUT2D eigenvalue weighted by molar-refractivity contribution is -0.125. The van der Waals surface area contributed by atoms with E-state index >= 15 is 0 Å². The van der Waals surface area contributed by atoms with Crippen LogP contribution in [0.4, 0.5) is 0 Å². The Labute approximate surface area is 142 Å². The molecule has 1 aliphatic rings. The second-order valence-electron chi connectivity index (χ2n) is 5.90. The minimum Gasteiger partial charge on any atom is -0.379 e. The molecule has 0 bridgehead atoms.